The molecule has 2 aromatic carbocycles. The van der Waals surface area contributed by atoms with E-state index in [1.807, 2.05) is 24.3 Å². The van der Waals surface area contributed by atoms with E-state index in [-0.39, 0.29) is 11.9 Å². The molecule has 5 nitrogen and oxygen atoms in total. The summed E-state index contributed by atoms with van der Waals surface area (Å²) in [5.41, 5.74) is 2.88. The van der Waals surface area contributed by atoms with Crippen LogP contribution in [0.5, 0.6) is 5.75 Å². The molecule has 1 heterocycles. The molecule has 2 N–H and O–H groups in total. The molecule has 0 unspecified atom stereocenters. The number of rotatable bonds is 9. The Morgan fingerprint density at radius 3 is 2.57 bits per heavy atom. The van der Waals surface area contributed by atoms with Gasteiger partial charge in [0.1, 0.15) is 17.4 Å². The molecule has 148 valence electrons. The molecule has 5 heteroatoms. The maximum Gasteiger partial charge on any atom is 0.224 e. The Kier molecular flexibility index (Phi) is 6.71. The fraction of sp³-hybridized carbons (Fsp3) is 0.348. The zero-order valence-electron chi connectivity index (χ0n) is 16.8. The van der Waals surface area contributed by atoms with Gasteiger partial charge in [-0.15, -0.1) is 0 Å². The van der Waals surface area contributed by atoms with Crippen molar-refractivity contribution in [3.63, 3.8) is 0 Å². The summed E-state index contributed by atoms with van der Waals surface area (Å²) in [6.07, 6.45) is 1.96. The lowest BCUT2D eigenvalue weighted by Crippen LogP contribution is -3.12. The minimum absolute atomic E-state index is 0.00556. The molecule has 1 atom stereocenters. The van der Waals surface area contributed by atoms with Crippen molar-refractivity contribution in [2.45, 2.75) is 26.3 Å². The lowest BCUT2D eigenvalue weighted by Gasteiger charge is -2.27. The van der Waals surface area contributed by atoms with Gasteiger partial charge in [-0.25, -0.2) is 0 Å². The van der Waals surface area contributed by atoms with Crippen LogP contribution in [-0.2, 0) is 11.2 Å². The third-order valence-corrected chi connectivity index (χ3v) is 5.32. The quantitative estimate of drug-likeness (QED) is 0.599. The molecule has 0 aliphatic rings. The number of nitrogens with one attached hydrogen (secondary N) is 2. The first-order valence-corrected chi connectivity index (χ1v) is 9.86. The average Bonchev–Trinajstić information content (AvgIpc) is 3.13. The SMILES string of the molecule is CC[NH+](CC)[C@@H](CNC(=O)Cc1coc2cc(OC)ccc12)c1ccccc1. The summed E-state index contributed by atoms with van der Waals surface area (Å²) < 4.78 is 10.8. The lowest BCUT2D eigenvalue weighted by molar-refractivity contribution is -0.927. The molecular formula is C23H29N2O3+. The fourth-order valence-electron chi connectivity index (χ4n) is 3.70. The summed E-state index contributed by atoms with van der Waals surface area (Å²) >= 11 is 0. The predicted octanol–water partition coefficient (Wildman–Crippen LogP) is 2.77. The van der Waals surface area contributed by atoms with Crippen LogP contribution < -0.4 is 15.0 Å². The van der Waals surface area contributed by atoms with E-state index in [9.17, 15) is 4.79 Å². The fourth-order valence-corrected chi connectivity index (χ4v) is 3.70. The highest BCUT2D eigenvalue weighted by Crippen LogP contribution is 2.25. The number of likely N-dealkylation sites (N-methyl/N-ethyl adjacent to an activating group) is 1. The third-order valence-electron chi connectivity index (χ3n) is 5.32. The molecule has 0 radical (unpaired) electrons. The number of furan rings is 1. The maximum absolute atomic E-state index is 12.6. The Morgan fingerprint density at radius 1 is 1.14 bits per heavy atom. The van der Waals surface area contributed by atoms with Crippen molar-refractivity contribution in [3.05, 3.63) is 65.9 Å². The molecular weight excluding hydrogens is 352 g/mol. The van der Waals surface area contributed by atoms with Crippen LogP contribution in [0.25, 0.3) is 11.0 Å². The van der Waals surface area contributed by atoms with Crippen molar-refractivity contribution < 1.29 is 18.8 Å². The highest BCUT2D eigenvalue weighted by molar-refractivity contribution is 5.88. The second kappa shape index (κ2) is 9.42. The van der Waals surface area contributed by atoms with Crippen molar-refractivity contribution in [1.82, 2.24) is 5.32 Å². The number of fused-ring (bicyclic) bond motifs is 1. The van der Waals surface area contributed by atoms with Crippen LogP contribution in [0, 0.1) is 0 Å². The standard InChI is InChI=1S/C23H28N2O3/c1-4-25(5-2)21(17-9-7-6-8-10-17)15-24-23(26)13-18-16-28-22-14-19(27-3)11-12-20(18)22/h6-12,14,16,21H,4-5,13,15H2,1-3H3,(H,24,26)/p+1/t21-/m0/s1. The molecule has 0 saturated carbocycles. The zero-order valence-corrected chi connectivity index (χ0v) is 16.8. The van der Waals surface area contributed by atoms with Crippen LogP contribution in [0.15, 0.2) is 59.2 Å². The first kappa shape index (κ1) is 20.0. The number of carbonyl (C=O) groups excluding carboxylic acids is 1. The van der Waals surface area contributed by atoms with Crippen LogP contribution >= 0.6 is 0 Å². The van der Waals surface area contributed by atoms with E-state index in [2.05, 4.69) is 43.4 Å². The van der Waals surface area contributed by atoms with Crippen LogP contribution in [0.1, 0.15) is 31.0 Å². The van der Waals surface area contributed by atoms with Gasteiger partial charge in [-0.2, -0.15) is 0 Å². The largest absolute Gasteiger partial charge is 0.497 e. The number of hydrogen-bond donors (Lipinski definition) is 2. The number of quaternary nitrogens is 1. The summed E-state index contributed by atoms with van der Waals surface area (Å²) in [7, 11) is 1.62. The van der Waals surface area contributed by atoms with Crippen molar-refractivity contribution >= 4 is 16.9 Å². The molecule has 0 saturated heterocycles. The van der Waals surface area contributed by atoms with E-state index < -0.39 is 0 Å². The molecule has 3 rings (SSSR count). The minimum Gasteiger partial charge on any atom is -0.497 e. The summed E-state index contributed by atoms with van der Waals surface area (Å²) in [4.78, 5) is 14.1. The number of benzene rings is 2. The van der Waals surface area contributed by atoms with Gasteiger partial charge in [0.2, 0.25) is 5.91 Å². The smallest absolute Gasteiger partial charge is 0.224 e. The topological polar surface area (TPSA) is 55.9 Å². The van der Waals surface area contributed by atoms with E-state index in [0.717, 1.165) is 35.4 Å². The van der Waals surface area contributed by atoms with Crippen LogP contribution in [0.3, 0.4) is 0 Å². The lowest BCUT2D eigenvalue weighted by atomic mass is 10.0. The molecule has 0 aliphatic carbocycles. The Balaban J connectivity index is 1.68. The number of hydrogen-bond acceptors (Lipinski definition) is 3. The highest BCUT2D eigenvalue weighted by atomic mass is 16.5. The Morgan fingerprint density at radius 2 is 1.89 bits per heavy atom. The zero-order chi connectivity index (χ0) is 19.9. The van der Waals surface area contributed by atoms with E-state index in [0.29, 0.717) is 13.0 Å². The summed E-state index contributed by atoms with van der Waals surface area (Å²) in [6.45, 7) is 7.01. The number of methoxy groups -OCH3 is 1. The van der Waals surface area contributed by atoms with Gasteiger partial charge >= 0.3 is 0 Å². The van der Waals surface area contributed by atoms with Gasteiger partial charge in [0, 0.05) is 22.6 Å². The molecule has 0 spiro atoms. The highest BCUT2D eigenvalue weighted by Gasteiger charge is 2.22. The summed E-state index contributed by atoms with van der Waals surface area (Å²) in [5, 5.41) is 4.08. The van der Waals surface area contributed by atoms with Crippen LogP contribution in [0.4, 0.5) is 0 Å². The van der Waals surface area contributed by atoms with Gasteiger partial charge < -0.3 is 19.4 Å². The Labute approximate surface area is 166 Å². The minimum atomic E-state index is 0.00556. The summed E-state index contributed by atoms with van der Waals surface area (Å²) in [5.74, 6) is 0.747. The van der Waals surface area contributed by atoms with Gasteiger partial charge in [0.25, 0.3) is 0 Å². The molecule has 28 heavy (non-hydrogen) atoms. The maximum atomic E-state index is 12.6. The van der Waals surface area contributed by atoms with Gasteiger partial charge in [0.05, 0.1) is 39.4 Å². The molecule has 1 aromatic heterocycles. The monoisotopic (exact) mass is 381 g/mol. The van der Waals surface area contributed by atoms with E-state index in [1.165, 1.54) is 10.5 Å². The molecule has 0 bridgehead atoms. The van der Waals surface area contributed by atoms with Gasteiger partial charge in [-0.3, -0.25) is 4.79 Å². The van der Waals surface area contributed by atoms with E-state index in [4.69, 9.17) is 9.15 Å². The van der Waals surface area contributed by atoms with Gasteiger partial charge in [-0.1, -0.05) is 30.3 Å². The number of ether oxygens (including phenoxy) is 1. The molecule has 0 aliphatic heterocycles. The second-order valence-electron chi connectivity index (χ2n) is 6.93. The van der Waals surface area contributed by atoms with Crippen molar-refractivity contribution in [1.29, 1.82) is 0 Å². The Bertz CT molecular complexity index is 901. The van der Waals surface area contributed by atoms with Crippen molar-refractivity contribution in [3.8, 4) is 5.75 Å². The molecule has 1 amide bonds. The third kappa shape index (κ3) is 4.54. The van der Waals surface area contributed by atoms with Crippen LogP contribution in [0.2, 0.25) is 0 Å². The van der Waals surface area contributed by atoms with E-state index in [1.54, 1.807) is 13.4 Å². The normalized spacial score (nSPS) is 12.3. The first-order chi connectivity index (χ1) is 13.7. The van der Waals surface area contributed by atoms with Crippen molar-refractivity contribution in [2.24, 2.45) is 0 Å². The molecule has 0 fully saturated rings. The summed E-state index contributed by atoms with van der Waals surface area (Å²) in [6, 6.07) is 16.3. The first-order valence-electron chi connectivity index (χ1n) is 9.86. The van der Waals surface area contributed by atoms with Crippen LogP contribution in [-0.4, -0.2) is 32.7 Å². The van der Waals surface area contributed by atoms with Gasteiger partial charge in [-0.05, 0) is 26.0 Å². The van der Waals surface area contributed by atoms with E-state index >= 15 is 0 Å². The average molecular weight is 381 g/mol. The number of amides is 1. The second-order valence-corrected chi connectivity index (χ2v) is 6.93. The van der Waals surface area contributed by atoms with Gasteiger partial charge in [0.15, 0.2) is 0 Å². The van der Waals surface area contributed by atoms with Crippen molar-refractivity contribution in [2.75, 3.05) is 26.7 Å². The predicted molar refractivity (Wildman–Crippen MR) is 111 cm³/mol. The Hall–Kier alpha value is -2.79. The number of carbonyl (C=O) groups is 1. The molecule has 3 aromatic rings.